The molecule has 5 heteroatoms. The van der Waals surface area contributed by atoms with Crippen LogP contribution in [0.1, 0.15) is 18.9 Å². The molecule has 0 fully saturated rings. The first kappa shape index (κ1) is 15.7. The summed E-state index contributed by atoms with van der Waals surface area (Å²) < 4.78 is 1.02. The van der Waals surface area contributed by atoms with E-state index in [1.54, 1.807) is 18.9 Å². The Bertz CT molecular complexity index is 462. The molecule has 1 unspecified atom stereocenters. The predicted octanol–water partition coefficient (Wildman–Crippen LogP) is 2.56. The molecule has 0 aromatic heterocycles. The second-order valence-corrected chi connectivity index (χ2v) is 5.45. The number of likely N-dealkylation sites (N-methyl/N-ethyl adjacent to an activating group) is 1. The van der Waals surface area contributed by atoms with E-state index >= 15 is 0 Å². The van der Waals surface area contributed by atoms with Crippen molar-refractivity contribution in [3.63, 3.8) is 0 Å². The van der Waals surface area contributed by atoms with Gasteiger partial charge in [-0.3, -0.25) is 9.59 Å². The highest BCUT2D eigenvalue weighted by Gasteiger charge is 2.20. The standard InChI is InChI=1S/C14H18BrNO3/c1-10(9-13(17)18)14(19)16(2)8-7-11-5-3-4-6-12(11)15/h3-6,10H,7-9H2,1-2H3,(H,17,18). The molecule has 0 aliphatic heterocycles. The topological polar surface area (TPSA) is 57.6 Å². The van der Waals surface area contributed by atoms with Gasteiger partial charge < -0.3 is 10.0 Å². The van der Waals surface area contributed by atoms with Gasteiger partial charge in [-0.15, -0.1) is 0 Å². The van der Waals surface area contributed by atoms with Crippen LogP contribution in [0.2, 0.25) is 0 Å². The zero-order valence-corrected chi connectivity index (χ0v) is 12.7. The molecule has 1 N–H and O–H groups in total. The number of hydrogen-bond acceptors (Lipinski definition) is 2. The Kier molecular flexibility index (Phi) is 6.02. The summed E-state index contributed by atoms with van der Waals surface area (Å²) in [7, 11) is 1.71. The number of carbonyl (C=O) groups excluding carboxylic acids is 1. The van der Waals surface area contributed by atoms with Gasteiger partial charge in [0.25, 0.3) is 0 Å². The third-order valence-corrected chi connectivity index (χ3v) is 3.73. The number of nitrogens with zero attached hydrogens (tertiary/aromatic N) is 1. The van der Waals surface area contributed by atoms with Crippen molar-refractivity contribution in [2.75, 3.05) is 13.6 Å². The van der Waals surface area contributed by atoms with Gasteiger partial charge in [0.15, 0.2) is 0 Å². The minimum absolute atomic E-state index is 0.127. The van der Waals surface area contributed by atoms with Crippen molar-refractivity contribution >= 4 is 27.8 Å². The SMILES string of the molecule is CC(CC(=O)O)C(=O)N(C)CCc1ccccc1Br. The summed E-state index contributed by atoms with van der Waals surface area (Å²) in [5.74, 6) is -1.56. The smallest absolute Gasteiger partial charge is 0.304 e. The molecule has 1 aromatic carbocycles. The number of carbonyl (C=O) groups is 2. The molecule has 0 radical (unpaired) electrons. The van der Waals surface area contributed by atoms with Gasteiger partial charge in [-0.05, 0) is 18.1 Å². The molecule has 0 spiro atoms. The Morgan fingerprint density at radius 1 is 1.37 bits per heavy atom. The van der Waals surface area contributed by atoms with E-state index in [2.05, 4.69) is 15.9 Å². The largest absolute Gasteiger partial charge is 0.481 e. The maximum absolute atomic E-state index is 11.9. The zero-order chi connectivity index (χ0) is 14.4. The molecular weight excluding hydrogens is 310 g/mol. The molecule has 19 heavy (non-hydrogen) atoms. The molecule has 104 valence electrons. The van der Waals surface area contributed by atoms with Crippen molar-refractivity contribution in [2.45, 2.75) is 19.8 Å². The second-order valence-electron chi connectivity index (χ2n) is 4.60. The van der Waals surface area contributed by atoms with Gasteiger partial charge >= 0.3 is 5.97 Å². The monoisotopic (exact) mass is 327 g/mol. The summed E-state index contributed by atoms with van der Waals surface area (Å²) >= 11 is 3.46. The number of benzene rings is 1. The number of amides is 1. The molecule has 1 amide bonds. The molecule has 4 nitrogen and oxygen atoms in total. The van der Waals surface area contributed by atoms with Crippen LogP contribution < -0.4 is 0 Å². The van der Waals surface area contributed by atoms with E-state index in [1.165, 1.54) is 0 Å². The van der Waals surface area contributed by atoms with Gasteiger partial charge in [0.05, 0.1) is 6.42 Å². The van der Waals surface area contributed by atoms with Crippen molar-refractivity contribution in [1.82, 2.24) is 4.90 Å². The lowest BCUT2D eigenvalue weighted by Crippen LogP contribution is -2.34. The maximum Gasteiger partial charge on any atom is 0.304 e. The third kappa shape index (κ3) is 5.03. The summed E-state index contributed by atoms with van der Waals surface area (Å²) in [6, 6.07) is 7.86. The van der Waals surface area contributed by atoms with Crippen LogP contribution in [-0.2, 0) is 16.0 Å². The molecule has 0 bridgehead atoms. The minimum atomic E-state index is -0.944. The Balaban J connectivity index is 2.51. The molecule has 1 aromatic rings. The first-order valence-electron chi connectivity index (χ1n) is 6.12. The van der Waals surface area contributed by atoms with Crippen molar-refractivity contribution in [3.05, 3.63) is 34.3 Å². The van der Waals surface area contributed by atoms with Gasteiger partial charge in [0, 0.05) is 24.0 Å². The molecule has 1 rings (SSSR count). The second kappa shape index (κ2) is 7.28. The quantitative estimate of drug-likeness (QED) is 0.873. The Labute approximate surface area is 121 Å². The first-order valence-corrected chi connectivity index (χ1v) is 6.91. The molecule has 0 heterocycles. The summed E-state index contributed by atoms with van der Waals surface area (Å²) in [5, 5.41) is 8.68. The van der Waals surface area contributed by atoms with Gasteiger partial charge in [-0.2, -0.15) is 0 Å². The summed E-state index contributed by atoms with van der Waals surface area (Å²) in [5.41, 5.74) is 1.13. The fourth-order valence-corrected chi connectivity index (χ4v) is 2.31. The molecule has 0 aliphatic carbocycles. The average molecular weight is 328 g/mol. The number of rotatable bonds is 6. The van der Waals surface area contributed by atoms with E-state index in [-0.39, 0.29) is 12.3 Å². The van der Waals surface area contributed by atoms with Crippen LogP contribution in [0, 0.1) is 5.92 Å². The Hall–Kier alpha value is -1.36. The van der Waals surface area contributed by atoms with Gasteiger partial charge in [0.1, 0.15) is 0 Å². The van der Waals surface area contributed by atoms with E-state index < -0.39 is 11.9 Å². The first-order chi connectivity index (χ1) is 8.91. The summed E-state index contributed by atoms with van der Waals surface area (Å²) in [6.07, 6.45) is 0.613. The van der Waals surface area contributed by atoms with Crippen LogP contribution in [0.4, 0.5) is 0 Å². The van der Waals surface area contributed by atoms with Crippen LogP contribution in [0.5, 0.6) is 0 Å². The summed E-state index contributed by atoms with van der Waals surface area (Å²) in [4.78, 5) is 24.1. The van der Waals surface area contributed by atoms with Gasteiger partial charge in [-0.1, -0.05) is 41.1 Å². The van der Waals surface area contributed by atoms with Gasteiger partial charge in [0.2, 0.25) is 5.91 Å². The molecule has 0 aliphatic rings. The van der Waals surface area contributed by atoms with E-state index in [0.29, 0.717) is 6.54 Å². The van der Waals surface area contributed by atoms with Crippen LogP contribution in [0.15, 0.2) is 28.7 Å². The van der Waals surface area contributed by atoms with Gasteiger partial charge in [-0.25, -0.2) is 0 Å². The highest BCUT2D eigenvalue weighted by molar-refractivity contribution is 9.10. The van der Waals surface area contributed by atoms with Crippen molar-refractivity contribution < 1.29 is 14.7 Å². The fourth-order valence-electron chi connectivity index (χ4n) is 1.82. The number of carboxylic acid groups (broad SMARTS) is 1. The van der Waals surface area contributed by atoms with Crippen molar-refractivity contribution in [2.24, 2.45) is 5.92 Å². The molecular formula is C14H18BrNO3. The number of aliphatic carboxylic acids is 1. The Morgan fingerprint density at radius 2 is 2.00 bits per heavy atom. The Morgan fingerprint density at radius 3 is 2.58 bits per heavy atom. The fraction of sp³-hybridized carbons (Fsp3) is 0.429. The average Bonchev–Trinajstić information content (AvgIpc) is 2.35. The van der Waals surface area contributed by atoms with E-state index in [9.17, 15) is 9.59 Å². The van der Waals surface area contributed by atoms with Crippen LogP contribution in [-0.4, -0.2) is 35.5 Å². The maximum atomic E-state index is 11.9. The lowest BCUT2D eigenvalue weighted by atomic mass is 10.1. The minimum Gasteiger partial charge on any atom is -0.481 e. The molecule has 0 saturated heterocycles. The number of carboxylic acids is 1. The number of hydrogen-bond donors (Lipinski definition) is 1. The highest BCUT2D eigenvalue weighted by Crippen LogP contribution is 2.17. The lowest BCUT2D eigenvalue weighted by molar-refractivity contribution is -0.143. The number of halogens is 1. The normalized spacial score (nSPS) is 11.9. The van der Waals surface area contributed by atoms with E-state index in [0.717, 1.165) is 16.5 Å². The third-order valence-electron chi connectivity index (χ3n) is 2.95. The van der Waals surface area contributed by atoms with E-state index in [4.69, 9.17) is 5.11 Å². The predicted molar refractivity (Wildman–Crippen MR) is 76.9 cm³/mol. The van der Waals surface area contributed by atoms with Crippen LogP contribution >= 0.6 is 15.9 Å². The summed E-state index contributed by atoms with van der Waals surface area (Å²) in [6.45, 7) is 2.22. The van der Waals surface area contributed by atoms with Crippen molar-refractivity contribution in [1.29, 1.82) is 0 Å². The zero-order valence-electron chi connectivity index (χ0n) is 11.1. The lowest BCUT2D eigenvalue weighted by Gasteiger charge is -2.20. The molecule has 1 atom stereocenters. The molecule has 0 saturated carbocycles. The van der Waals surface area contributed by atoms with Crippen LogP contribution in [0.25, 0.3) is 0 Å². The van der Waals surface area contributed by atoms with E-state index in [1.807, 2.05) is 24.3 Å². The van der Waals surface area contributed by atoms with Crippen molar-refractivity contribution in [3.8, 4) is 0 Å². The highest BCUT2D eigenvalue weighted by atomic mass is 79.9. The van der Waals surface area contributed by atoms with Crippen LogP contribution in [0.3, 0.4) is 0 Å².